The van der Waals surface area contributed by atoms with Crippen molar-refractivity contribution in [3.8, 4) is 11.5 Å². The fourth-order valence-corrected chi connectivity index (χ4v) is 2.02. The standard InChI is InChI=1S/C14H23NO3S/c1-12(19(3)16)8-9-15-10-11-18-14-7-5-4-6-13(14)17-2/h4-7,12,15H,8-11H2,1-3H3. The molecule has 5 heteroatoms. The molecule has 0 aliphatic rings. The van der Waals surface area contributed by atoms with E-state index in [-0.39, 0.29) is 5.25 Å². The van der Waals surface area contributed by atoms with Gasteiger partial charge in [0, 0.05) is 28.9 Å². The van der Waals surface area contributed by atoms with Gasteiger partial charge in [-0.3, -0.25) is 4.21 Å². The average Bonchev–Trinajstić information content (AvgIpc) is 2.42. The van der Waals surface area contributed by atoms with Crippen LogP contribution < -0.4 is 14.8 Å². The zero-order chi connectivity index (χ0) is 14.1. The molecule has 1 N–H and O–H groups in total. The molecule has 1 rings (SSSR count). The van der Waals surface area contributed by atoms with Gasteiger partial charge < -0.3 is 14.8 Å². The first-order chi connectivity index (χ1) is 9.15. The smallest absolute Gasteiger partial charge is 0.161 e. The molecule has 1 aromatic carbocycles. The van der Waals surface area contributed by atoms with Gasteiger partial charge in [-0.25, -0.2) is 0 Å². The molecule has 0 aliphatic carbocycles. The van der Waals surface area contributed by atoms with Gasteiger partial charge in [-0.05, 0) is 25.1 Å². The van der Waals surface area contributed by atoms with Gasteiger partial charge in [-0.1, -0.05) is 19.1 Å². The summed E-state index contributed by atoms with van der Waals surface area (Å²) in [6.07, 6.45) is 2.66. The second kappa shape index (κ2) is 8.93. The van der Waals surface area contributed by atoms with Crippen LogP contribution in [0.5, 0.6) is 11.5 Å². The Hall–Kier alpha value is -1.07. The van der Waals surface area contributed by atoms with E-state index in [0.29, 0.717) is 6.61 Å². The molecule has 2 unspecified atom stereocenters. The van der Waals surface area contributed by atoms with Crippen LogP contribution in [0.1, 0.15) is 13.3 Å². The van der Waals surface area contributed by atoms with Crippen LogP contribution in [0.25, 0.3) is 0 Å². The fraction of sp³-hybridized carbons (Fsp3) is 0.571. The average molecular weight is 285 g/mol. The van der Waals surface area contributed by atoms with Gasteiger partial charge in [-0.2, -0.15) is 0 Å². The fourth-order valence-electron chi connectivity index (χ4n) is 1.57. The van der Waals surface area contributed by atoms with E-state index in [1.165, 1.54) is 0 Å². The van der Waals surface area contributed by atoms with Crippen molar-refractivity contribution in [2.75, 3.05) is 33.1 Å². The molecule has 0 saturated heterocycles. The van der Waals surface area contributed by atoms with E-state index in [1.54, 1.807) is 13.4 Å². The lowest BCUT2D eigenvalue weighted by atomic mass is 10.3. The summed E-state index contributed by atoms with van der Waals surface area (Å²) in [7, 11) is 0.892. The summed E-state index contributed by atoms with van der Waals surface area (Å²) >= 11 is 0. The predicted molar refractivity (Wildman–Crippen MR) is 79.5 cm³/mol. The third kappa shape index (κ3) is 6.07. The molecular weight excluding hydrogens is 262 g/mol. The maximum atomic E-state index is 11.2. The van der Waals surface area contributed by atoms with Gasteiger partial charge in [0.25, 0.3) is 0 Å². The first kappa shape index (κ1) is 16.0. The molecule has 108 valence electrons. The zero-order valence-electron chi connectivity index (χ0n) is 11.8. The van der Waals surface area contributed by atoms with E-state index in [2.05, 4.69) is 5.32 Å². The molecule has 0 amide bonds. The molecule has 0 spiro atoms. The second-order valence-corrected chi connectivity index (χ2v) is 6.15. The van der Waals surface area contributed by atoms with Crippen molar-refractivity contribution in [1.82, 2.24) is 5.32 Å². The Morgan fingerprint density at radius 2 is 1.95 bits per heavy atom. The van der Waals surface area contributed by atoms with Crippen molar-refractivity contribution in [1.29, 1.82) is 0 Å². The predicted octanol–water partition coefficient (Wildman–Crippen LogP) is 1.82. The third-order valence-electron chi connectivity index (χ3n) is 2.90. The topological polar surface area (TPSA) is 47.6 Å². The van der Waals surface area contributed by atoms with Gasteiger partial charge in [0.05, 0.1) is 7.11 Å². The molecule has 0 fully saturated rings. The van der Waals surface area contributed by atoms with Crippen molar-refractivity contribution in [3.63, 3.8) is 0 Å². The Morgan fingerprint density at radius 3 is 2.58 bits per heavy atom. The van der Waals surface area contributed by atoms with Crippen LogP contribution in [0.15, 0.2) is 24.3 Å². The highest BCUT2D eigenvalue weighted by molar-refractivity contribution is 7.84. The number of benzene rings is 1. The summed E-state index contributed by atoms with van der Waals surface area (Å²) in [6.45, 7) is 4.21. The lowest BCUT2D eigenvalue weighted by Crippen LogP contribution is -2.25. The maximum Gasteiger partial charge on any atom is 0.161 e. The van der Waals surface area contributed by atoms with Crippen LogP contribution in [-0.2, 0) is 10.8 Å². The summed E-state index contributed by atoms with van der Waals surface area (Å²) < 4.78 is 22.0. The first-order valence-corrected chi connectivity index (χ1v) is 8.06. The van der Waals surface area contributed by atoms with Crippen molar-refractivity contribution in [2.45, 2.75) is 18.6 Å². The van der Waals surface area contributed by atoms with Crippen LogP contribution in [0.2, 0.25) is 0 Å². The minimum atomic E-state index is -0.739. The van der Waals surface area contributed by atoms with Crippen LogP contribution in [0.3, 0.4) is 0 Å². The summed E-state index contributed by atoms with van der Waals surface area (Å²) in [5, 5.41) is 3.52. The van der Waals surface area contributed by atoms with Crippen molar-refractivity contribution < 1.29 is 13.7 Å². The Bertz CT molecular complexity index is 398. The molecule has 19 heavy (non-hydrogen) atoms. The first-order valence-electron chi connectivity index (χ1n) is 6.44. The lowest BCUT2D eigenvalue weighted by molar-refractivity contribution is 0.292. The third-order valence-corrected chi connectivity index (χ3v) is 4.27. The van der Waals surface area contributed by atoms with Crippen LogP contribution in [0.4, 0.5) is 0 Å². The van der Waals surface area contributed by atoms with Gasteiger partial charge in [0.2, 0.25) is 0 Å². The molecule has 0 bridgehead atoms. The van der Waals surface area contributed by atoms with Gasteiger partial charge in [-0.15, -0.1) is 0 Å². The van der Waals surface area contributed by atoms with E-state index in [9.17, 15) is 4.21 Å². The van der Waals surface area contributed by atoms with Crippen LogP contribution >= 0.6 is 0 Å². The molecule has 2 atom stereocenters. The zero-order valence-corrected chi connectivity index (χ0v) is 12.7. The highest BCUT2D eigenvalue weighted by Crippen LogP contribution is 2.25. The second-order valence-electron chi connectivity index (χ2n) is 4.35. The minimum Gasteiger partial charge on any atom is -0.493 e. The quantitative estimate of drug-likeness (QED) is 0.703. The van der Waals surface area contributed by atoms with Crippen molar-refractivity contribution in [3.05, 3.63) is 24.3 Å². The Labute approximate surface area is 118 Å². The molecule has 0 aromatic heterocycles. The van der Waals surface area contributed by atoms with Gasteiger partial charge >= 0.3 is 0 Å². The number of nitrogens with one attached hydrogen (secondary N) is 1. The normalized spacial score (nSPS) is 13.8. The molecule has 0 saturated carbocycles. The van der Waals surface area contributed by atoms with E-state index >= 15 is 0 Å². The van der Waals surface area contributed by atoms with Gasteiger partial charge in [0.15, 0.2) is 11.5 Å². The summed E-state index contributed by atoms with van der Waals surface area (Å²) in [5.41, 5.74) is 0. The van der Waals surface area contributed by atoms with E-state index in [1.807, 2.05) is 31.2 Å². The maximum absolute atomic E-state index is 11.2. The number of rotatable bonds is 9. The number of para-hydroxylation sites is 2. The number of hydrogen-bond acceptors (Lipinski definition) is 4. The van der Waals surface area contributed by atoms with E-state index in [0.717, 1.165) is 31.0 Å². The molecular formula is C14H23NO3S. The highest BCUT2D eigenvalue weighted by atomic mass is 32.2. The molecule has 4 nitrogen and oxygen atoms in total. The SMILES string of the molecule is COc1ccccc1OCCNCCC(C)S(C)=O. The Morgan fingerprint density at radius 1 is 1.26 bits per heavy atom. The Kier molecular flexibility index (Phi) is 7.52. The summed E-state index contributed by atoms with van der Waals surface area (Å²) in [5.74, 6) is 1.51. The van der Waals surface area contributed by atoms with Crippen molar-refractivity contribution in [2.24, 2.45) is 0 Å². The van der Waals surface area contributed by atoms with E-state index < -0.39 is 10.8 Å². The van der Waals surface area contributed by atoms with Crippen LogP contribution in [0, 0.1) is 0 Å². The summed E-state index contributed by atoms with van der Waals surface area (Å²) in [6, 6.07) is 7.60. The Balaban J connectivity index is 2.16. The number of hydrogen-bond donors (Lipinski definition) is 1. The highest BCUT2D eigenvalue weighted by Gasteiger charge is 2.05. The molecule has 0 radical (unpaired) electrons. The largest absolute Gasteiger partial charge is 0.493 e. The van der Waals surface area contributed by atoms with E-state index in [4.69, 9.17) is 9.47 Å². The lowest BCUT2D eigenvalue weighted by Gasteiger charge is -2.11. The van der Waals surface area contributed by atoms with Crippen LogP contribution in [-0.4, -0.2) is 42.5 Å². The molecule has 0 heterocycles. The molecule has 0 aliphatic heterocycles. The van der Waals surface area contributed by atoms with Gasteiger partial charge in [0.1, 0.15) is 6.61 Å². The number of methoxy groups -OCH3 is 1. The molecule has 1 aromatic rings. The monoisotopic (exact) mass is 285 g/mol. The summed E-state index contributed by atoms with van der Waals surface area (Å²) in [4.78, 5) is 0. The van der Waals surface area contributed by atoms with Crippen molar-refractivity contribution >= 4 is 10.8 Å². The number of ether oxygens (including phenoxy) is 2. The minimum absolute atomic E-state index is 0.239.